The third kappa shape index (κ3) is 4.53. The second kappa shape index (κ2) is 8.52. The molecule has 0 aliphatic rings. The Morgan fingerprint density at radius 2 is 1.62 bits per heavy atom. The van der Waals surface area contributed by atoms with Crippen LogP contribution in [0.1, 0.15) is 33.2 Å². The minimum absolute atomic E-state index is 0.0559. The van der Waals surface area contributed by atoms with E-state index in [-0.39, 0.29) is 16.6 Å². The molecule has 0 bridgehead atoms. The third-order valence-electron chi connectivity index (χ3n) is 4.77. The zero-order valence-electron chi connectivity index (χ0n) is 17.2. The van der Waals surface area contributed by atoms with Gasteiger partial charge < -0.3 is 0 Å². The van der Waals surface area contributed by atoms with Crippen LogP contribution in [0.4, 0.5) is 10.8 Å². The molecule has 0 radical (unpaired) electrons. The van der Waals surface area contributed by atoms with Crippen molar-refractivity contribution in [2.45, 2.75) is 18.7 Å². The number of hydrogen-bond acceptors (Lipinski definition) is 6. The summed E-state index contributed by atoms with van der Waals surface area (Å²) >= 11 is 1.26. The number of amides is 1. The molecule has 1 heterocycles. The smallest absolute Gasteiger partial charge is 0.261 e. The summed E-state index contributed by atoms with van der Waals surface area (Å²) < 4.78 is 28.9. The number of fused-ring (bicyclic) bond motifs is 1. The first kappa shape index (κ1) is 21.7. The highest BCUT2D eigenvalue weighted by Crippen LogP contribution is 2.32. The molecular weight excluding hydrogens is 446 g/mol. The Kier molecular flexibility index (Phi) is 5.77. The number of ketones is 1. The fourth-order valence-corrected chi connectivity index (χ4v) is 5.17. The Balaban J connectivity index is 1.59. The minimum atomic E-state index is -3.84. The Hall–Kier alpha value is -3.56. The van der Waals surface area contributed by atoms with Gasteiger partial charge in [0.1, 0.15) is 0 Å². The summed E-state index contributed by atoms with van der Waals surface area (Å²) in [5.41, 5.74) is 2.80. The number of Topliss-reactive ketones (excluding diaryl/α,β-unsaturated/α-hetero) is 1. The number of carbonyl (C=O) groups excluding carboxylic acids is 2. The summed E-state index contributed by atoms with van der Waals surface area (Å²) in [6.45, 7) is 3.25. The quantitative estimate of drug-likeness (QED) is 0.396. The number of nitrogens with one attached hydrogen (secondary N) is 2. The van der Waals surface area contributed by atoms with E-state index in [0.717, 1.165) is 10.3 Å². The molecule has 0 aliphatic heterocycles. The maximum atomic E-state index is 12.8. The lowest BCUT2D eigenvalue weighted by Crippen LogP contribution is -2.13. The molecule has 7 nitrogen and oxygen atoms in total. The van der Waals surface area contributed by atoms with Gasteiger partial charge in [-0.25, -0.2) is 13.4 Å². The molecule has 0 aliphatic carbocycles. The van der Waals surface area contributed by atoms with E-state index in [0.29, 0.717) is 27.5 Å². The minimum Gasteiger partial charge on any atom is -0.298 e. The second-order valence-corrected chi connectivity index (χ2v) is 9.88. The Morgan fingerprint density at radius 1 is 0.938 bits per heavy atom. The van der Waals surface area contributed by atoms with Gasteiger partial charge in [0.05, 0.1) is 20.8 Å². The van der Waals surface area contributed by atoms with E-state index in [1.807, 2.05) is 13.0 Å². The van der Waals surface area contributed by atoms with Gasteiger partial charge in [0.25, 0.3) is 15.9 Å². The average molecular weight is 466 g/mol. The number of benzene rings is 3. The summed E-state index contributed by atoms with van der Waals surface area (Å²) in [6.07, 6.45) is 0. The van der Waals surface area contributed by atoms with E-state index in [4.69, 9.17) is 0 Å². The molecule has 0 saturated heterocycles. The van der Waals surface area contributed by atoms with Crippen LogP contribution >= 0.6 is 11.3 Å². The van der Waals surface area contributed by atoms with Gasteiger partial charge in [0.15, 0.2) is 10.9 Å². The van der Waals surface area contributed by atoms with Gasteiger partial charge in [-0.15, -0.1) is 0 Å². The molecule has 4 rings (SSSR count). The molecule has 1 aromatic heterocycles. The number of hydrogen-bond donors (Lipinski definition) is 2. The van der Waals surface area contributed by atoms with Crippen LogP contribution in [0.15, 0.2) is 71.6 Å². The van der Waals surface area contributed by atoms with Crippen molar-refractivity contribution < 1.29 is 18.0 Å². The summed E-state index contributed by atoms with van der Waals surface area (Å²) in [4.78, 5) is 28.3. The molecule has 0 spiro atoms. The molecule has 1 amide bonds. The van der Waals surface area contributed by atoms with Crippen LogP contribution in [0.5, 0.6) is 0 Å². The highest BCUT2D eigenvalue weighted by atomic mass is 32.2. The predicted octanol–water partition coefficient (Wildman–Crippen LogP) is 4.86. The van der Waals surface area contributed by atoms with E-state index in [9.17, 15) is 18.0 Å². The van der Waals surface area contributed by atoms with Crippen molar-refractivity contribution in [3.8, 4) is 0 Å². The van der Waals surface area contributed by atoms with Crippen LogP contribution in [-0.2, 0) is 10.0 Å². The van der Waals surface area contributed by atoms with E-state index >= 15 is 0 Å². The van der Waals surface area contributed by atoms with Gasteiger partial charge in [-0.1, -0.05) is 41.7 Å². The van der Waals surface area contributed by atoms with Crippen molar-refractivity contribution >= 4 is 54.1 Å². The highest BCUT2D eigenvalue weighted by Gasteiger charge is 2.17. The van der Waals surface area contributed by atoms with Crippen molar-refractivity contribution in [1.82, 2.24) is 4.98 Å². The lowest BCUT2D eigenvalue weighted by Gasteiger charge is -2.09. The normalized spacial score (nSPS) is 11.3. The average Bonchev–Trinajstić information content (AvgIpc) is 3.17. The van der Waals surface area contributed by atoms with E-state index < -0.39 is 10.0 Å². The largest absolute Gasteiger partial charge is 0.298 e. The Bertz CT molecular complexity index is 1430. The molecule has 2 N–H and O–H groups in total. The van der Waals surface area contributed by atoms with Crippen molar-refractivity contribution in [2.24, 2.45) is 0 Å². The first-order chi connectivity index (χ1) is 15.2. The molecule has 4 aromatic rings. The fraction of sp³-hybridized carbons (Fsp3) is 0.0870. The van der Waals surface area contributed by atoms with Crippen molar-refractivity contribution in [3.05, 3.63) is 83.4 Å². The number of rotatable bonds is 6. The number of thiazole rings is 1. The maximum Gasteiger partial charge on any atom is 0.261 e. The van der Waals surface area contributed by atoms with Gasteiger partial charge in [-0.05, 0) is 55.8 Å². The molecule has 3 aromatic carbocycles. The van der Waals surface area contributed by atoms with Crippen molar-refractivity contribution in [1.29, 1.82) is 0 Å². The monoisotopic (exact) mass is 465 g/mol. The zero-order chi connectivity index (χ0) is 22.9. The van der Waals surface area contributed by atoms with Gasteiger partial charge in [-0.2, -0.15) is 0 Å². The van der Waals surface area contributed by atoms with Gasteiger partial charge in [0, 0.05) is 11.1 Å². The van der Waals surface area contributed by atoms with Crippen LogP contribution in [-0.4, -0.2) is 25.1 Å². The highest BCUT2D eigenvalue weighted by molar-refractivity contribution is 7.92. The molecule has 9 heteroatoms. The molecule has 0 atom stereocenters. The van der Waals surface area contributed by atoms with Gasteiger partial charge in [-0.3, -0.25) is 19.6 Å². The molecule has 0 saturated carbocycles. The summed E-state index contributed by atoms with van der Waals surface area (Å²) in [5, 5.41) is 3.21. The summed E-state index contributed by atoms with van der Waals surface area (Å²) in [5.74, 6) is -0.402. The Labute approximate surface area is 189 Å². The van der Waals surface area contributed by atoms with Crippen molar-refractivity contribution in [3.63, 3.8) is 0 Å². The molecule has 162 valence electrons. The predicted molar refractivity (Wildman–Crippen MR) is 126 cm³/mol. The SMILES string of the molecule is CC(=O)c1ccc(S(=O)(=O)Nc2cc(C)c3nc(NC(=O)c4ccccc4)sc3c2)cc1. The lowest BCUT2D eigenvalue weighted by molar-refractivity contribution is 0.101. The number of anilines is 2. The first-order valence-electron chi connectivity index (χ1n) is 9.64. The van der Waals surface area contributed by atoms with Crippen LogP contribution in [0.25, 0.3) is 10.2 Å². The van der Waals surface area contributed by atoms with E-state index in [1.165, 1.54) is 42.5 Å². The number of sulfonamides is 1. The first-order valence-corrected chi connectivity index (χ1v) is 11.9. The molecular formula is C23H19N3O4S2. The zero-order valence-corrected chi connectivity index (χ0v) is 18.9. The van der Waals surface area contributed by atoms with Crippen LogP contribution in [0, 0.1) is 6.92 Å². The topological polar surface area (TPSA) is 105 Å². The number of aryl methyl sites for hydroxylation is 1. The van der Waals surface area contributed by atoms with Crippen LogP contribution in [0.3, 0.4) is 0 Å². The van der Waals surface area contributed by atoms with E-state index in [2.05, 4.69) is 15.0 Å². The van der Waals surface area contributed by atoms with Gasteiger partial charge in [0.2, 0.25) is 0 Å². The standard InChI is InChI=1S/C23H19N3O4S2/c1-14-12-18(26-32(29,30)19-10-8-16(9-11-19)15(2)27)13-20-21(14)24-23(31-20)25-22(28)17-6-4-3-5-7-17/h3-13,26H,1-2H3,(H,24,25,28). The maximum absolute atomic E-state index is 12.8. The van der Waals surface area contributed by atoms with Crippen LogP contribution in [0.2, 0.25) is 0 Å². The van der Waals surface area contributed by atoms with Gasteiger partial charge >= 0.3 is 0 Å². The van der Waals surface area contributed by atoms with E-state index in [1.54, 1.807) is 36.4 Å². The lowest BCUT2D eigenvalue weighted by atomic mass is 10.2. The number of carbonyl (C=O) groups is 2. The number of aromatic nitrogens is 1. The Morgan fingerprint density at radius 3 is 2.28 bits per heavy atom. The van der Waals surface area contributed by atoms with Crippen LogP contribution < -0.4 is 10.0 Å². The third-order valence-corrected chi connectivity index (χ3v) is 7.08. The molecule has 0 fully saturated rings. The fourth-order valence-electron chi connectivity index (χ4n) is 3.15. The number of nitrogens with zero attached hydrogens (tertiary/aromatic N) is 1. The summed E-state index contributed by atoms with van der Waals surface area (Å²) in [7, 11) is -3.84. The molecule has 32 heavy (non-hydrogen) atoms. The summed E-state index contributed by atoms with van der Waals surface area (Å²) in [6, 6.07) is 17.9. The van der Waals surface area contributed by atoms with Crippen molar-refractivity contribution in [2.75, 3.05) is 10.0 Å². The molecule has 0 unspecified atom stereocenters. The second-order valence-electron chi connectivity index (χ2n) is 7.17.